The van der Waals surface area contributed by atoms with Crippen LogP contribution in [0.3, 0.4) is 0 Å². The minimum atomic E-state index is -0.501. The van der Waals surface area contributed by atoms with Gasteiger partial charge in [-0.1, -0.05) is 38.8 Å². The van der Waals surface area contributed by atoms with E-state index >= 15 is 0 Å². The van der Waals surface area contributed by atoms with E-state index in [9.17, 15) is 9.90 Å². The molecular formula is C28H31NO4. The number of esters is 1. The maximum absolute atomic E-state index is 12.4. The van der Waals surface area contributed by atoms with Crippen LogP contribution in [0.2, 0.25) is 0 Å². The average Bonchev–Trinajstić information content (AvgIpc) is 2.83. The third-order valence-corrected chi connectivity index (χ3v) is 5.18. The lowest BCUT2D eigenvalue weighted by Crippen LogP contribution is -2.08. The van der Waals surface area contributed by atoms with Gasteiger partial charge in [-0.05, 0) is 73.4 Å². The Morgan fingerprint density at radius 3 is 2.27 bits per heavy atom. The third kappa shape index (κ3) is 7.49. The number of rotatable bonds is 11. The molecule has 5 nitrogen and oxygen atoms in total. The van der Waals surface area contributed by atoms with Crippen molar-refractivity contribution in [3.05, 3.63) is 83.4 Å². The first-order valence-electron chi connectivity index (χ1n) is 11.5. The quantitative estimate of drug-likeness (QED) is 0.151. The molecule has 0 aromatic heterocycles. The average molecular weight is 446 g/mol. The first-order chi connectivity index (χ1) is 16.1. The van der Waals surface area contributed by atoms with Gasteiger partial charge >= 0.3 is 5.97 Å². The second-order valence-corrected chi connectivity index (χ2v) is 7.86. The fourth-order valence-electron chi connectivity index (χ4n) is 3.16. The van der Waals surface area contributed by atoms with Crippen molar-refractivity contribution < 1.29 is 19.4 Å². The van der Waals surface area contributed by atoms with Crippen molar-refractivity contribution in [2.75, 3.05) is 6.61 Å². The van der Waals surface area contributed by atoms with E-state index in [0.29, 0.717) is 17.7 Å². The summed E-state index contributed by atoms with van der Waals surface area (Å²) in [7, 11) is 0. The molecule has 0 atom stereocenters. The molecule has 0 spiro atoms. The fourth-order valence-corrected chi connectivity index (χ4v) is 3.16. The molecule has 0 fully saturated rings. The number of unbranched alkanes of at least 4 members (excludes halogenated alkanes) is 2. The van der Waals surface area contributed by atoms with E-state index in [0.717, 1.165) is 30.7 Å². The molecule has 0 radical (unpaired) electrons. The van der Waals surface area contributed by atoms with Gasteiger partial charge < -0.3 is 14.6 Å². The Bertz CT molecular complexity index is 1060. The molecule has 3 rings (SSSR count). The van der Waals surface area contributed by atoms with Crippen LogP contribution in [0.5, 0.6) is 17.2 Å². The molecule has 0 amide bonds. The Morgan fingerprint density at radius 1 is 0.909 bits per heavy atom. The number of carbonyl (C=O) groups is 1. The van der Waals surface area contributed by atoms with Crippen LogP contribution in [0.1, 0.15) is 61.0 Å². The summed E-state index contributed by atoms with van der Waals surface area (Å²) in [6, 6.07) is 19.6. The molecule has 1 N–H and O–H groups in total. The number of aliphatic imine (C=N–C) groups is 1. The van der Waals surface area contributed by atoms with E-state index in [2.05, 4.69) is 31.0 Å². The largest absolute Gasteiger partial charge is 0.507 e. The second kappa shape index (κ2) is 12.4. The summed E-state index contributed by atoms with van der Waals surface area (Å²) >= 11 is 0. The monoisotopic (exact) mass is 445 g/mol. The van der Waals surface area contributed by atoms with Crippen molar-refractivity contribution in [3.8, 4) is 17.2 Å². The van der Waals surface area contributed by atoms with Gasteiger partial charge in [0.1, 0.15) is 17.2 Å². The Kier molecular flexibility index (Phi) is 9.07. The summed E-state index contributed by atoms with van der Waals surface area (Å²) in [5, 5.41) is 10.3. The number of nitrogens with zero attached hydrogens (tertiary/aromatic N) is 1. The van der Waals surface area contributed by atoms with Gasteiger partial charge in [0.25, 0.3) is 0 Å². The predicted octanol–water partition coefficient (Wildman–Crippen LogP) is 6.88. The molecule has 0 aliphatic carbocycles. The van der Waals surface area contributed by atoms with Crippen LogP contribution in [0.15, 0.2) is 71.7 Å². The minimum Gasteiger partial charge on any atom is -0.507 e. The molecule has 3 aromatic carbocycles. The van der Waals surface area contributed by atoms with Crippen LogP contribution in [0, 0.1) is 0 Å². The summed E-state index contributed by atoms with van der Waals surface area (Å²) < 4.78 is 11.0. The molecule has 3 aromatic rings. The molecule has 0 saturated heterocycles. The standard InChI is InChI=1S/C28H31NO4/c1-3-5-7-21-8-13-24(14-9-21)29-20-23-12-17-26(19-27(23)30)33-28(31)22-10-15-25(16-11-22)32-18-6-4-2/h8-17,19-20,30H,3-7,18H2,1-2H3. The van der Waals surface area contributed by atoms with Crippen molar-refractivity contribution in [2.24, 2.45) is 4.99 Å². The molecule has 0 aliphatic rings. The van der Waals surface area contributed by atoms with Crippen LogP contribution >= 0.6 is 0 Å². The van der Waals surface area contributed by atoms with Crippen LogP contribution in [0.25, 0.3) is 0 Å². The van der Waals surface area contributed by atoms with E-state index in [1.807, 2.05) is 12.1 Å². The fraction of sp³-hybridized carbons (Fsp3) is 0.286. The highest BCUT2D eigenvalue weighted by atomic mass is 16.5. The first-order valence-corrected chi connectivity index (χ1v) is 11.5. The van der Waals surface area contributed by atoms with Crippen molar-refractivity contribution >= 4 is 17.9 Å². The Balaban J connectivity index is 1.58. The zero-order valence-corrected chi connectivity index (χ0v) is 19.3. The van der Waals surface area contributed by atoms with Gasteiger partial charge in [0.15, 0.2) is 0 Å². The number of hydrogen-bond acceptors (Lipinski definition) is 5. The Labute approximate surface area is 195 Å². The first kappa shape index (κ1) is 24.1. The van der Waals surface area contributed by atoms with Crippen molar-refractivity contribution in [1.82, 2.24) is 0 Å². The number of carbonyl (C=O) groups excluding carboxylic acids is 1. The number of benzene rings is 3. The zero-order chi connectivity index (χ0) is 23.5. The van der Waals surface area contributed by atoms with Gasteiger partial charge in [0.2, 0.25) is 0 Å². The van der Waals surface area contributed by atoms with E-state index in [4.69, 9.17) is 9.47 Å². The molecule has 172 valence electrons. The maximum atomic E-state index is 12.4. The van der Waals surface area contributed by atoms with Crippen molar-refractivity contribution in [2.45, 2.75) is 46.0 Å². The summed E-state index contributed by atoms with van der Waals surface area (Å²) in [4.78, 5) is 16.8. The lowest BCUT2D eigenvalue weighted by molar-refractivity contribution is 0.0734. The van der Waals surface area contributed by atoms with Crippen LogP contribution < -0.4 is 9.47 Å². The van der Waals surface area contributed by atoms with E-state index in [-0.39, 0.29) is 11.5 Å². The Hall–Kier alpha value is -3.60. The number of aromatic hydroxyl groups is 1. The highest BCUT2D eigenvalue weighted by molar-refractivity contribution is 5.91. The molecule has 0 aliphatic heterocycles. The highest BCUT2D eigenvalue weighted by Crippen LogP contribution is 2.24. The molecule has 33 heavy (non-hydrogen) atoms. The van der Waals surface area contributed by atoms with Gasteiger partial charge in [-0.25, -0.2) is 4.79 Å². The minimum absolute atomic E-state index is 0.0108. The third-order valence-electron chi connectivity index (χ3n) is 5.18. The zero-order valence-electron chi connectivity index (χ0n) is 19.3. The number of ether oxygens (including phenoxy) is 2. The van der Waals surface area contributed by atoms with E-state index in [1.54, 1.807) is 42.6 Å². The maximum Gasteiger partial charge on any atom is 0.343 e. The summed E-state index contributed by atoms with van der Waals surface area (Å²) in [5.41, 5.74) is 3.06. The topological polar surface area (TPSA) is 68.1 Å². The SMILES string of the molecule is CCCCOc1ccc(C(=O)Oc2ccc(C=Nc3ccc(CCCC)cc3)c(O)c2)cc1. The Morgan fingerprint density at radius 2 is 1.61 bits per heavy atom. The molecule has 0 unspecified atom stereocenters. The van der Waals surface area contributed by atoms with Gasteiger partial charge in [-0.15, -0.1) is 0 Å². The van der Waals surface area contributed by atoms with Crippen LogP contribution in [-0.4, -0.2) is 23.9 Å². The van der Waals surface area contributed by atoms with Gasteiger partial charge in [-0.3, -0.25) is 4.99 Å². The molecule has 0 bridgehead atoms. The van der Waals surface area contributed by atoms with E-state index in [1.165, 1.54) is 24.5 Å². The second-order valence-electron chi connectivity index (χ2n) is 7.86. The molecular weight excluding hydrogens is 414 g/mol. The summed E-state index contributed by atoms with van der Waals surface area (Å²) in [5.74, 6) is 0.470. The summed E-state index contributed by atoms with van der Waals surface area (Å²) in [6.07, 6.45) is 7.06. The lowest BCUT2D eigenvalue weighted by atomic mass is 10.1. The van der Waals surface area contributed by atoms with Crippen LogP contribution in [-0.2, 0) is 6.42 Å². The van der Waals surface area contributed by atoms with Crippen molar-refractivity contribution in [1.29, 1.82) is 0 Å². The predicted molar refractivity (Wildman–Crippen MR) is 132 cm³/mol. The molecule has 5 heteroatoms. The van der Waals surface area contributed by atoms with Gasteiger partial charge in [0, 0.05) is 17.8 Å². The van der Waals surface area contributed by atoms with Crippen molar-refractivity contribution in [3.63, 3.8) is 0 Å². The number of hydrogen-bond donors (Lipinski definition) is 1. The molecule has 0 heterocycles. The molecule has 0 saturated carbocycles. The van der Waals surface area contributed by atoms with Crippen LogP contribution in [0.4, 0.5) is 5.69 Å². The number of aryl methyl sites for hydroxylation is 1. The smallest absolute Gasteiger partial charge is 0.343 e. The summed E-state index contributed by atoms with van der Waals surface area (Å²) in [6.45, 7) is 4.94. The van der Waals surface area contributed by atoms with E-state index < -0.39 is 5.97 Å². The number of phenols is 1. The normalized spacial score (nSPS) is 11.0. The number of phenolic OH excluding ortho intramolecular Hbond substituents is 1. The van der Waals surface area contributed by atoms with Gasteiger partial charge in [-0.2, -0.15) is 0 Å². The lowest BCUT2D eigenvalue weighted by Gasteiger charge is -2.08. The van der Waals surface area contributed by atoms with Gasteiger partial charge in [0.05, 0.1) is 17.9 Å². The highest BCUT2D eigenvalue weighted by Gasteiger charge is 2.10.